The predicted octanol–water partition coefficient (Wildman–Crippen LogP) is 2.62. The maximum atomic E-state index is 13.6. The number of nitrogens with one attached hydrogen (secondary N) is 2. The van der Waals surface area contributed by atoms with Crippen LogP contribution in [0.4, 0.5) is 4.39 Å². The van der Waals surface area contributed by atoms with Crippen molar-refractivity contribution in [1.29, 1.82) is 0 Å². The lowest BCUT2D eigenvalue weighted by Gasteiger charge is -2.31. The summed E-state index contributed by atoms with van der Waals surface area (Å²) in [6, 6.07) is 6.91. The molecule has 1 heterocycles. The van der Waals surface area contributed by atoms with Gasteiger partial charge in [0.1, 0.15) is 5.82 Å². The first-order valence-corrected chi connectivity index (χ1v) is 10.8. The lowest BCUT2D eigenvalue weighted by atomic mass is 9.96. The summed E-state index contributed by atoms with van der Waals surface area (Å²) in [5, 5.41) is 6.70. The normalized spacial score (nSPS) is 20.9. The molecule has 1 aromatic carbocycles. The van der Waals surface area contributed by atoms with Gasteiger partial charge in [0, 0.05) is 25.0 Å². The first-order chi connectivity index (χ1) is 14.0. The van der Waals surface area contributed by atoms with E-state index in [2.05, 4.69) is 15.5 Å². The van der Waals surface area contributed by atoms with E-state index in [1.165, 1.54) is 6.07 Å². The molecular formula is C22H35FIN5O. The highest BCUT2D eigenvalue weighted by Crippen LogP contribution is 2.48. The van der Waals surface area contributed by atoms with Crippen LogP contribution in [0.25, 0.3) is 0 Å². The molecule has 1 aliphatic heterocycles. The monoisotopic (exact) mass is 531 g/mol. The zero-order valence-corrected chi connectivity index (χ0v) is 20.2. The second-order valence-electron chi connectivity index (χ2n) is 8.31. The standard InChI is InChI=1S/C22H34FN5O.HI/c1-2-25-21(26-11-5-13-28-12-4-6-17(15-28)20(24)29)27-16-22(9-10-22)18-7-3-8-19(23)14-18;/h3,7-8,14,17H,2,4-6,9-13,15-16H2,1H3,(H2,24,29)(H2,25,26,27);1H. The van der Waals surface area contributed by atoms with Crippen molar-refractivity contribution >= 4 is 35.8 Å². The third-order valence-electron chi connectivity index (χ3n) is 6.03. The Hall–Kier alpha value is -1.42. The molecule has 0 spiro atoms. The third-order valence-corrected chi connectivity index (χ3v) is 6.03. The molecule has 1 atom stereocenters. The zero-order chi connectivity index (χ0) is 20.7. The average Bonchev–Trinajstić information content (AvgIpc) is 3.51. The average molecular weight is 531 g/mol. The van der Waals surface area contributed by atoms with Gasteiger partial charge in [-0.2, -0.15) is 0 Å². The minimum absolute atomic E-state index is 0. The van der Waals surface area contributed by atoms with Crippen LogP contribution in [-0.2, 0) is 10.2 Å². The van der Waals surface area contributed by atoms with Crippen molar-refractivity contribution in [3.63, 3.8) is 0 Å². The van der Waals surface area contributed by atoms with Crippen LogP contribution in [0.2, 0.25) is 0 Å². The maximum absolute atomic E-state index is 13.6. The summed E-state index contributed by atoms with van der Waals surface area (Å²) in [6.45, 7) is 7.09. The Morgan fingerprint density at radius 3 is 2.83 bits per heavy atom. The number of hydrogen-bond donors (Lipinski definition) is 3. The van der Waals surface area contributed by atoms with E-state index < -0.39 is 0 Å². The number of guanidine groups is 1. The zero-order valence-electron chi connectivity index (χ0n) is 17.8. The number of piperidine rings is 1. The fraction of sp³-hybridized carbons (Fsp3) is 0.636. The van der Waals surface area contributed by atoms with Gasteiger partial charge in [-0.1, -0.05) is 12.1 Å². The van der Waals surface area contributed by atoms with E-state index in [4.69, 9.17) is 10.7 Å². The van der Waals surface area contributed by atoms with Crippen LogP contribution in [-0.4, -0.2) is 56.0 Å². The Bertz CT molecular complexity index is 725. The van der Waals surface area contributed by atoms with Crippen molar-refractivity contribution in [2.24, 2.45) is 16.6 Å². The minimum atomic E-state index is -0.181. The van der Waals surface area contributed by atoms with Crippen LogP contribution in [0.15, 0.2) is 29.3 Å². The summed E-state index contributed by atoms with van der Waals surface area (Å²) in [5.74, 6) is 0.442. The molecule has 0 radical (unpaired) electrons. The molecule has 30 heavy (non-hydrogen) atoms. The van der Waals surface area contributed by atoms with Crippen molar-refractivity contribution in [3.8, 4) is 0 Å². The molecule has 0 aromatic heterocycles. The van der Waals surface area contributed by atoms with E-state index in [1.54, 1.807) is 12.1 Å². The SMILES string of the molecule is CCNC(=NCC1(c2cccc(F)c2)CC1)NCCCN1CCCC(C(N)=O)C1.I. The molecule has 2 aliphatic rings. The summed E-state index contributed by atoms with van der Waals surface area (Å²) < 4.78 is 13.6. The molecule has 6 nitrogen and oxygen atoms in total. The number of hydrogen-bond acceptors (Lipinski definition) is 3. The third kappa shape index (κ3) is 7.08. The molecule has 0 bridgehead atoms. The molecule has 168 valence electrons. The molecule has 1 aromatic rings. The fourth-order valence-electron chi connectivity index (χ4n) is 4.08. The highest BCUT2D eigenvalue weighted by Gasteiger charge is 2.44. The Morgan fingerprint density at radius 2 is 2.17 bits per heavy atom. The minimum Gasteiger partial charge on any atom is -0.369 e. The highest BCUT2D eigenvalue weighted by molar-refractivity contribution is 14.0. The van der Waals surface area contributed by atoms with Gasteiger partial charge in [0.2, 0.25) is 5.91 Å². The van der Waals surface area contributed by atoms with E-state index in [9.17, 15) is 9.18 Å². The van der Waals surface area contributed by atoms with Gasteiger partial charge in [0.15, 0.2) is 5.96 Å². The van der Waals surface area contributed by atoms with Gasteiger partial charge in [0.25, 0.3) is 0 Å². The van der Waals surface area contributed by atoms with Gasteiger partial charge in [-0.15, -0.1) is 24.0 Å². The van der Waals surface area contributed by atoms with Crippen molar-refractivity contribution in [1.82, 2.24) is 15.5 Å². The Morgan fingerprint density at radius 1 is 1.37 bits per heavy atom. The number of nitrogens with two attached hydrogens (primary N) is 1. The quantitative estimate of drug-likeness (QED) is 0.198. The molecule has 8 heteroatoms. The number of amides is 1. The van der Waals surface area contributed by atoms with Gasteiger partial charge < -0.3 is 21.3 Å². The van der Waals surface area contributed by atoms with E-state index in [0.29, 0.717) is 6.54 Å². The lowest BCUT2D eigenvalue weighted by molar-refractivity contribution is -0.123. The molecular weight excluding hydrogens is 496 g/mol. The number of aliphatic imine (C=N–C) groups is 1. The molecule has 1 saturated heterocycles. The van der Waals surface area contributed by atoms with E-state index in [-0.39, 0.29) is 47.0 Å². The van der Waals surface area contributed by atoms with Gasteiger partial charge in [-0.25, -0.2) is 4.39 Å². The highest BCUT2D eigenvalue weighted by atomic mass is 127. The van der Waals surface area contributed by atoms with Crippen molar-refractivity contribution in [3.05, 3.63) is 35.6 Å². The number of carbonyl (C=O) groups is 1. The van der Waals surface area contributed by atoms with E-state index in [0.717, 1.165) is 76.4 Å². The molecule has 3 rings (SSSR count). The van der Waals surface area contributed by atoms with Crippen LogP contribution >= 0.6 is 24.0 Å². The number of rotatable bonds is 9. The van der Waals surface area contributed by atoms with Crippen LogP contribution < -0.4 is 16.4 Å². The molecule has 1 amide bonds. The fourth-order valence-corrected chi connectivity index (χ4v) is 4.08. The van der Waals surface area contributed by atoms with Gasteiger partial charge in [-0.3, -0.25) is 9.79 Å². The smallest absolute Gasteiger partial charge is 0.221 e. The van der Waals surface area contributed by atoms with Gasteiger partial charge in [-0.05, 0) is 69.8 Å². The Kier molecular flexibility index (Phi) is 9.80. The number of halogens is 2. The summed E-state index contributed by atoms with van der Waals surface area (Å²) in [4.78, 5) is 18.5. The van der Waals surface area contributed by atoms with Crippen molar-refractivity contribution < 1.29 is 9.18 Å². The van der Waals surface area contributed by atoms with E-state index >= 15 is 0 Å². The number of likely N-dealkylation sites (tertiary alicyclic amines) is 1. The van der Waals surface area contributed by atoms with Crippen LogP contribution in [0, 0.1) is 11.7 Å². The van der Waals surface area contributed by atoms with Crippen LogP contribution in [0.5, 0.6) is 0 Å². The maximum Gasteiger partial charge on any atom is 0.221 e. The molecule has 4 N–H and O–H groups in total. The van der Waals surface area contributed by atoms with Crippen LogP contribution in [0.3, 0.4) is 0 Å². The Labute approximate surface area is 196 Å². The number of benzene rings is 1. The van der Waals surface area contributed by atoms with Gasteiger partial charge >= 0.3 is 0 Å². The topological polar surface area (TPSA) is 82.8 Å². The predicted molar refractivity (Wildman–Crippen MR) is 130 cm³/mol. The lowest BCUT2D eigenvalue weighted by Crippen LogP contribution is -2.43. The number of nitrogens with zero attached hydrogens (tertiary/aromatic N) is 2. The first kappa shape index (κ1) is 24.8. The van der Waals surface area contributed by atoms with Gasteiger partial charge in [0.05, 0.1) is 12.5 Å². The second-order valence-corrected chi connectivity index (χ2v) is 8.31. The summed E-state index contributed by atoms with van der Waals surface area (Å²) in [6.07, 6.45) is 5.03. The van der Waals surface area contributed by atoms with Crippen molar-refractivity contribution in [2.45, 2.75) is 44.4 Å². The molecule has 1 unspecified atom stereocenters. The number of carbonyl (C=O) groups excluding carboxylic acids is 1. The first-order valence-electron chi connectivity index (χ1n) is 10.8. The van der Waals surface area contributed by atoms with E-state index in [1.807, 2.05) is 13.0 Å². The molecule has 1 saturated carbocycles. The van der Waals surface area contributed by atoms with Crippen molar-refractivity contribution in [2.75, 3.05) is 39.3 Å². The summed E-state index contributed by atoms with van der Waals surface area (Å²) >= 11 is 0. The van der Waals surface area contributed by atoms with Crippen LogP contribution in [0.1, 0.15) is 44.6 Å². The second kappa shape index (κ2) is 11.8. The summed E-state index contributed by atoms with van der Waals surface area (Å²) in [7, 11) is 0. The number of primary amides is 1. The Balaban J connectivity index is 0.00000320. The summed E-state index contributed by atoms with van der Waals surface area (Å²) in [5.41, 5.74) is 6.49. The molecule has 2 fully saturated rings. The molecule has 1 aliphatic carbocycles. The largest absolute Gasteiger partial charge is 0.369 e.